The molecule has 0 spiro atoms. The van der Waals surface area contributed by atoms with Gasteiger partial charge in [-0.25, -0.2) is 4.79 Å². The molecule has 1 aliphatic carbocycles. The Labute approximate surface area is 123 Å². The number of hydrogen-bond donors (Lipinski definition) is 1. The standard InChI is InChI=1S/C16H18O5/c17-16(18)6-5-12-7-14-15(21-10-20-14)8-13(12)19-9-11-3-1-2-4-11/h5-8,11H,1-4,9-10H2,(H,17,18). The predicted octanol–water partition coefficient (Wildman–Crippen LogP) is 3.08. The first-order valence-corrected chi connectivity index (χ1v) is 7.20. The highest BCUT2D eigenvalue weighted by Gasteiger charge is 2.20. The van der Waals surface area contributed by atoms with Crippen molar-refractivity contribution in [3.8, 4) is 17.2 Å². The van der Waals surface area contributed by atoms with Crippen LogP contribution in [-0.2, 0) is 4.79 Å². The number of benzene rings is 1. The van der Waals surface area contributed by atoms with Gasteiger partial charge in [0.15, 0.2) is 11.5 Å². The molecule has 0 aromatic heterocycles. The van der Waals surface area contributed by atoms with Gasteiger partial charge in [0, 0.05) is 17.7 Å². The van der Waals surface area contributed by atoms with Gasteiger partial charge in [-0.1, -0.05) is 12.8 Å². The van der Waals surface area contributed by atoms with E-state index < -0.39 is 5.97 Å². The fraction of sp³-hybridized carbons (Fsp3) is 0.438. The largest absolute Gasteiger partial charge is 0.493 e. The third-order valence-corrected chi connectivity index (χ3v) is 3.86. The molecule has 0 unspecified atom stereocenters. The second kappa shape index (κ2) is 6.08. The summed E-state index contributed by atoms with van der Waals surface area (Å²) in [6.07, 6.45) is 7.55. The van der Waals surface area contributed by atoms with Crippen LogP contribution in [0.5, 0.6) is 17.2 Å². The smallest absolute Gasteiger partial charge is 0.328 e. The summed E-state index contributed by atoms with van der Waals surface area (Å²) < 4.78 is 16.6. The first kappa shape index (κ1) is 13.8. The van der Waals surface area contributed by atoms with Crippen molar-refractivity contribution in [1.29, 1.82) is 0 Å². The summed E-state index contributed by atoms with van der Waals surface area (Å²) in [6.45, 7) is 0.844. The van der Waals surface area contributed by atoms with Crippen LogP contribution in [0.25, 0.3) is 6.08 Å². The van der Waals surface area contributed by atoms with Gasteiger partial charge in [-0.15, -0.1) is 0 Å². The van der Waals surface area contributed by atoms with Crippen LogP contribution in [0.4, 0.5) is 0 Å². The summed E-state index contributed by atoms with van der Waals surface area (Å²) in [5.74, 6) is 1.50. The minimum atomic E-state index is -0.991. The van der Waals surface area contributed by atoms with Gasteiger partial charge in [-0.3, -0.25) is 0 Å². The Hall–Kier alpha value is -2.17. The molecule has 5 heteroatoms. The van der Waals surface area contributed by atoms with E-state index in [1.807, 2.05) is 0 Å². The lowest BCUT2D eigenvalue weighted by Gasteiger charge is -2.14. The number of carboxylic acids is 1. The molecule has 1 saturated carbocycles. The van der Waals surface area contributed by atoms with Gasteiger partial charge in [0.05, 0.1) is 6.61 Å². The Balaban J connectivity index is 1.80. The maximum Gasteiger partial charge on any atom is 0.328 e. The number of rotatable bonds is 5. The van der Waals surface area contributed by atoms with Gasteiger partial charge in [-0.2, -0.15) is 0 Å². The van der Waals surface area contributed by atoms with Crippen molar-refractivity contribution in [1.82, 2.24) is 0 Å². The molecule has 0 atom stereocenters. The van der Waals surface area contributed by atoms with Crippen LogP contribution in [0.1, 0.15) is 31.2 Å². The Morgan fingerprint density at radius 1 is 1.29 bits per heavy atom. The van der Waals surface area contributed by atoms with Crippen molar-refractivity contribution >= 4 is 12.0 Å². The first-order chi connectivity index (χ1) is 10.2. The fourth-order valence-corrected chi connectivity index (χ4v) is 2.74. The van der Waals surface area contributed by atoms with Gasteiger partial charge in [0.2, 0.25) is 6.79 Å². The van der Waals surface area contributed by atoms with Crippen LogP contribution < -0.4 is 14.2 Å². The van der Waals surface area contributed by atoms with Crippen LogP contribution in [-0.4, -0.2) is 24.5 Å². The molecule has 21 heavy (non-hydrogen) atoms. The van der Waals surface area contributed by atoms with E-state index in [0.29, 0.717) is 35.3 Å². The molecule has 1 aromatic rings. The maximum atomic E-state index is 10.7. The van der Waals surface area contributed by atoms with Crippen LogP contribution in [0.2, 0.25) is 0 Å². The molecule has 0 saturated heterocycles. The number of carbonyl (C=O) groups is 1. The molecule has 1 heterocycles. The maximum absolute atomic E-state index is 10.7. The zero-order chi connectivity index (χ0) is 14.7. The summed E-state index contributed by atoms with van der Waals surface area (Å²) >= 11 is 0. The molecule has 3 rings (SSSR count). The van der Waals surface area contributed by atoms with Crippen molar-refractivity contribution in [3.63, 3.8) is 0 Å². The molecule has 1 aliphatic heterocycles. The summed E-state index contributed by atoms with van der Waals surface area (Å²) in [4.78, 5) is 10.7. The van der Waals surface area contributed by atoms with E-state index in [4.69, 9.17) is 19.3 Å². The zero-order valence-electron chi connectivity index (χ0n) is 11.7. The lowest BCUT2D eigenvalue weighted by molar-refractivity contribution is -0.131. The lowest BCUT2D eigenvalue weighted by atomic mass is 10.1. The molecule has 0 bridgehead atoms. The number of aliphatic carboxylic acids is 1. The Bertz CT molecular complexity index is 558. The van der Waals surface area contributed by atoms with Crippen molar-refractivity contribution in [3.05, 3.63) is 23.8 Å². The minimum Gasteiger partial charge on any atom is -0.493 e. The third kappa shape index (κ3) is 3.29. The van der Waals surface area contributed by atoms with Crippen molar-refractivity contribution < 1.29 is 24.1 Å². The molecule has 1 fully saturated rings. The van der Waals surface area contributed by atoms with Crippen LogP contribution in [0, 0.1) is 5.92 Å². The third-order valence-electron chi connectivity index (χ3n) is 3.86. The SMILES string of the molecule is O=C(O)C=Cc1cc2c(cc1OCC1CCCC1)OCO2. The van der Waals surface area contributed by atoms with Crippen LogP contribution >= 0.6 is 0 Å². The molecule has 1 aromatic carbocycles. The van der Waals surface area contributed by atoms with E-state index in [1.165, 1.54) is 31.8 Å². The first-order valence-electron chi connectivity index (χ1n) is 7.20. The highest BCUT2D eigenvalue weighted by molar-refractivity contribution is 5.86. The van der Waals surface area contributed by atoms with Gasteiger partial charge in [0.1, 0.15) is 5.75 Å². The highest BCUT2D eigenvalue weighted by Crippen LogP contribution is 2.39. The van der Waals surface area contributed by atoms with E-state index in [2.05, 4.69) is 0 Å². The van der Waals surface area contributed by atoms with Crippen LogP contribution in [0.15, 0.2) is 18.2 Å². The number of fused-ring (bicyclic) bond motifs is 1. The molecule has 5 nitrogen and oxygen atoms in total. The molecule has 1 N–H and O–H groups in total. The van der Waals surface area contributed by atoms with Gasteiger partial charge in [-0.05, 0) is 30.9 Å². The average molecular weight is 290 g/mol. The Morgan fingerprint density at radius 2 is 2.00 bits per heavy atom. The molecular formula is C16H18O5. The second-order valence-electron chi connectivity index (χ2n) is 5.38. The predicted molar refractivity (Wildman–Crippen MR) is 76.7 cm³/mol. The van der Waals surface area contributed by atoms with E-state index in [0.717, 1.165) is 6.08 Å². The number of hydrogen-bond acceptors (Lipinski definition) is 4. The molecular weight excluding hydrogens is 272 g/mol. The van der Waals surface area contributed by atoms with Gasteiger partial charge in [0.25, 0.3) is 0 Å². The Kier molecular flexibility index (Phi) is 3.99. The van der Waals surface area contributed by atoms with Crippen molar-refractivity contribution in [2.75, 3.05) is 13.4 Å². The number of carboxylic acid groups (broad SMARTS) is 1. The average Bonchev–Trinajstić information content (AvgIpc) is 3.12. The number of ether oxygens (including phenoxy) is 3. The lowest BCUT2D eigenvalue weighted by Crippen LogP contribution is -2.08. The topological polar surface area (TPSA) is 65.0 Å². The normalized spacial score (nSPS) is 17.5. The fourth-order valence-electron chi connectivity index (χ4n) is 2.74. The summed E-state index contributed by atoms with van der Waals surface area (Å²) in [5, 5.41) is 8.78. The molecule has 2 aliphatic rings. The van der Waals surface area contributed by atoms with E-state index in [-0.39, 0.29) is 6.79 Å². The Morgan fingerprint density at radius 3 is 2.71 bits per heavy atom. The van der Waals surface area contributed by atoms with E-state index in [1.54, 1.807) is 12.1 Å². The quantitative estimate of drug-likeness (QED) is 0.844. The summed E-state index contributed by atoms with van der Waals surface area (Å²) in [7, 11) is 0. The molecule has 0 radical (unpaired) electrons. The van der Waals surface area contributed by atoms with Gasteiger partial charge < -0.3 is 19.3 Å². The van der Waals surface area contributed by atoms with E-state index in [9.17, 15) is 4.79 Å². The monoisotopic (exact) mass is 290 g/mol. The second-order valence-corrected chi connectivity index (χ2v) is 5.38. The highest BCUT2D eigenvalue weighted by atomic mass is 16.7. The molecule has 112 valence electrons. The molecule has 0 amide bonds. The van der Waals surface area contributed by atoms with Crippen LogP contribution in [0.3, 0.4) is 0 Å². The zero-order valence-corrected chi connectivity index (χ0v) is 11.7. The summed E-state index contributed by atoms with van der Waals surface area (Å²) in [6, 6.07) is 3.53. The van der Waals surface area contributed by atoms with Crippen molar-refractivity contribution in [2.24, 2.45) is 5.92 Å². The van der Waals surface area contributed by atoms with Crippen molar-refractivity contribution in [2.45, 2.75) is 25.7 Å². The van der Waals surface area contributed by atoms with E-state index >= 15 is 0 Å². The summed E-state index contributed by atoms with van der Waals surface area (Å²) in [5.41, 5.74) is 0.694. The van der Waals surface area contributed by atoms with Gasteiger partial charge >= 0.3 is 5.97 Å². The minimum absolute atomic E-state index is 0.184.